The largest absolute Gasteiger partial charge is 0.497 e. The van der Waals surface area contributed by atoms with Gasteiger partial charge in [-0.1, -0.05) is 26.0 Å². The number of aliphatic hydroxyl groups is 1. The molecule has 1 saturated heterocycles. The summed E-state index contributed by atoms with van der Waals surface area (Å²) in [6, 6.07) is 0.906. The monoisotopic (exact) mass is 674 g/mol. The second-order valence-corrected chi connectivity index (χ2v) is 13.1. The summed E-state index contributed by atoms with van der Waals surface area (Å²) in [5.74, 6) is -10.6. The molecule has 2 rings (SSSR count). The van der Waals surface area contributed by atoms with E-state index in [4.69, 9.17) is 9.84 Å². The van der Waals surface area contributed by atoms with Crippen LogP contribution < -0.4 is 20.7 Å². The highest BCUT2D eigenvalue weighted by molar-refractivity contribution is 7.91. The van der Waals surface area contributed by atoms with Crippen LogP contribution in [-0.4, -0.2) is 109 Å². The Morgan fingerprint density at radius 1 is 1.04 bits per heavy atom. The zero-order valence-electron chi connectivity index (χ0n) is 24.6. The first-order valence-electron chi connectivity index (χ1n) is 13.5. The summed E-state index contributed by atoms with van der Waals surface area (Å²) in [4.78, 5) is 50.3. The molecule has 5 atom stereocenters. The Morgan fingerprint density at radius 2 is 1.62 bits per heavy atom. The quantitative estimate of drug-likeness (QED) is 0.190. The fourth-order valence-electron chi connectivity index (χ4n) is 4.65. The Kier molecular flexibility index (Phi) is 12.1. The fraction of sp³-hybridized carbons (Fsp3) is 0.615. The third-order valence-electron chi connectivity index (χ3n) is 7.08. The number of carbonyl (C=O) groups excluding carboxylic acids is 3. The van der Waals surface area contributed by atoms with E-state index < -0.39 is 106 Å². The number of hydrogen-bond acceptors (Lipinski definition) is 8. The van der Waals surface area contributed by atoms with Crippen LogP contribution >= 0.6 is 0 Å². The van der Waals surface area contributed by atoms with Crippen LogP contribution in [0.3, 0.4) is 0 Å². The van der Waals surface area contributed by atoms with Gasteiger partial charge in [-0.05, 0) is 37.0 Å². The van der Waals surface area contributed by atoms with Gasteiger partial charge in [-0.25, -0.2) is 13.2 Å². The van der Waals surface area contributed by atoms with Gasteiger partial charge < -0.3 is 35.8 Å². The minimum atomic E-state index is -5.03. The molecular weight excluding hydrogens is 639 g/mol. The van der Waals surface area contributed by atoms with Crippen LogP contribution in [-0.2, 0) is 30.0 Å². The molecule has 3 unspecified atom stereocenters. The number of sulfone groups is 1. The van der Waals surface area contributed by atoms with Gasteiger partial charge >= 0.3 is 18.2 Å². The summed E-state index contributed by atoms with van der Waals surface area (Å²) in [7, 11) is -2.68. The molecule has 45 heavy (non-hydrogen) atoms. The van der Waals surface area contributed by atoms with Gasteiger partial charge in [0.05, 0.1) is 24.2 Å². The number of alkyl halides is 5. The molecule has 1 aromatic carbocycles. The maximum Gasteiger partial charge on any atom is 0.405 e. The molecule has 1 fully saturated rings. The van der Waals surface area contributed by atoms with E-state index in [1.54, 1.807) is 0 Å². The third kappa shape index (κ3) is 9.87. The number of carbonyl (C=O) groups is 4. The highest BCUT2D eigenvalue weighted by Gasteiger charge is 2.53. The number of amides is 4. The lowest BCUT2D eigenvalue weighted by Crippen LogP contribution is -2.61. The summed E-state index contributed by atoms with van der Waals surface area (Å²) in [5, 5.41) is 23.0. The second-order valence-electron chi connectivity index (χ2n) is 10.8. The molecule has 1 aliphatic rings. The number of halogens is 5. The zero-order chi connectivity index (χ0) is 34.5. The number of carboxylic acid groups (broad SMARTS) is 1. The van der Waals surface area contributed by atoms with Crippen molar-refractivity contribution < 1.29 is 64.5 Å². The molecule has 1 aliphatic heterocycles. The van der Waals surface area contributed by atoms with Crippen LogP contribution in [0.15, 0.2) is 24.3 Å². The number of ether oxygens (including phenoxy) is 1. The van der Waals surface area contributed by atoms with Gasteiger partial charge in [0.25, 0.3) is 5.91 Å². The normalized spacial score (nSPS) is 19.4. The molecule has 5 N–H and O–H groups in total. The maximum atomic E-state index is 14.7. The first-order valence-corrected chi connectivity index (χ1v) is 15.2. The van der Waals surface area contributed by atoms with E-state index in [2.05, 4.69) is 5.32 Å². The average Bonchev–Trinajstić information content (AvgIpc) is 3.39. The Bertz CT molecular complexity index is 1340. The molecule has 0 saturated carbocycles. The van der Waals surface area contributed by atoms with E-state index in [1.165, 1.54) is 45.2 Å². The van der Waals surface area contributed by atoms with Crippen LogP contribution in [0.4, 0.5) is 26.7 Å². The molecule has 0 spiro atoms. The minimum Gasteiger partial charge on any atom is -0.497 e. The predicted octanol–water partition coefficient (Wildman–Crippen LogP) is 1.05. The Labute approximate surface area is 255 Å². The van der Waals surface area contributed by atoms with Crippen molar-refractivity contribution in [1.82, 2.24) is 20.9 Å². The van der Waals surface area contributed by atoms with E-state index in [9.17, 15) is 54.7 Å². The zero-order valence-corrected chi connectivity index (χ0v) is 25.4. The summed E-state index contributed by atoms with van der Waals surface area (Å²) >= 11 is 0. The number of benzene rings is 1. The van der Waals surface area contributed by atoms with Crippen molar-refractivity contribution in [1.29, 1.82) is 0 Å². The van der Waals surface area contributed by atoms with Crippen LogP contribution in [0.25, 0.3) is 0 Å². The van der Waals surface area contributed by atoms with E-state index in [-0.39, 0.29) is 0 Å². The van der Waals surface area contributed by atoms with Crippen LogP contribution in [0.1, 0.15) is 32.8 Å². The highest BCUT2D eigenvalue weighted by Crippen LogP contribution is 2.30. The first-order chi connectivity index (χ1) is 20.6. The van der Waals surface area contributed by atoms with Crippen LogP contribution in [0.5, 0.6) is 5.75 Å². The lowest BCUT2D eigenvalue weighted by molar-refractivity contribution is -0.175. The molecule has 0 radical (unpaired) electrons. The van der Waals surface area contributed by atoms with Gasteiger partial charge in [-0.3, -0.25) is 14.4 Å². The van der Waals surface area contributed by atoms with E-state index in [0.717, 1.165) is 17.1 Å². The molecule has 0 bridgehead atoms. The minimum absolute atomic E-state index is 0.344. The third-order valence-corrected chi connectivity index (χ3v) is 9.18. The van der Waals surface area contributed by atoms with E-state index >= 15 is 0 Å². The van der Waals surface area contributed by atoms with Crippen molar-refractivity contribution in [3.8, 4) is 5.75 Å². The SMILES string of the molecule is COc1ccc(CS(=O)(=O)[C@@H]2C[C@@H](C(=O)NC(C(C)C)C(O)C(F)(F)C(=O)NCC(F)(F)F)N(C(=O)C(C)NC(=O)O)C2)cc1. The van der Waals surface area contributed by atoms with Crippen LogP contribution in [0, 0.1) is 5.92 Å². The molecule has 254 valence electrons. The van der Waals surface area contributed by atoms with Crippen molar-refractivity contribution in [2.45, 2.75) is 74.5 Å². The highest BCUT2D eigenvalue weighted by atomic mass is 32.2. The number of nitrogens with zero attached hydrogens (tertiary/aromatic N) is 1. The standard InChI is InChI=1S/C26H35F5N4O9S/c1-13(2)19(20(36)26(30,31)23(39)32-12-25(27,28)29)34-21(37)18-9-17(10-35(18)22(38)14(3)33-24(40)41)45(42,43)11-15-5-7-16(44-4)8-6-15/h5-8,13-14,17-20,33,36H,9-12H2,1-4H3,(H,32,39)(H,34,37)(H,40,41)/t14?,17-,18+,19?,20?/m1/s1. The van der Waals surface area contributed by atoms with Crippen molar-refractivity contribution in [3.05, 3.63) is 29.8 Å². The fourth-order valence-corrected chi connectivity index (χ4v) is 6.40. The molecule has 19 heteroatoms. The van der Waals surface area contributed by atoms with Crippen molar-refractivity contribution >= 4 is 33.7 Å². The number of hydrogen-bond donors (Lipinski definition) is 5. The number of rotatable bonds is 13. The van der Waals surface area contributed by atoms with Gasteiger partial charge in [0, 0.05) is 6.54 Å². The molecule has 1 heterocycles. The molecule has 0 aliphatic carbocycles. The lowest BCUT2D eigenvalue weighted by atomic mass is 9.93. The lowest BCUT2D eigenvalue weighted by Gasteiger charge is -2.34. The second kappa shape index (κ2) is 14.6. The Balaban J connectivity index is 2.36. The summed E-state index contributed by atoms with van der Waals surface area (Å²) < 4.78 is 98.5. The van der Waals surface area contributed by atoms with Gasteiger partial charge in [0.2, 0.25) is 11.8 Å². The average molecular weight is 675 g/mol. The molecular formula is C26H35F5N4O9S. The number of aliphatic hydroxyl groups excluding tert-OH is 1. The van der Waals surface area contributed by atoms with Gasteiger partial charge in [0.1, 0.15) is 30.5 Å². The van der Waals surface area contributed by atoms with Gasteiger partial charge in [0.15, 0.2) is 9.84 Å². The number of methoxy groups -OCH3 is 1. The molecule has 1 aromatic rings. The summed E-state index contributed by atoms with van der Waals surface area (Å²) in [6.07, 6.45) is -10.2. The van der Waals surface area contributed by atoms with Gasteiger partial charge in [-0.15, -0.1) is 0 Å². The van der Waals surface area contributed by atoms with E-state index in [0.29, 0.717) is 11.3 Å². The van der Waals surface area contributed by atoms with Crippen molar-refractivity contribution in [2.24, 2.45) is 5.92 Å². The predicted molar refractivity (Wildman–Crippen MR) is 147 cm³/mol. The summed E-state index contributed by atoms with van der Waals surface area (Å²) in [6.45, 7) is 0.936. The smallest absolute Gasteiger partial charge is 0.405 e. The first kappa shape index (κ1) is 37.4. The summed E-state index contributed by atoms with van der Waals surface area (Å²) in [5.41, 5.74) is 0.344. The Hall–Kier alpha value is -3.74. The van der Waals surface area contributed by atoms with Crippen molar-refractivity contribution in [2.75, 3.05) is 20.2 Å². The topological polar surface area (TPSA) is 191 Å². The molecule has 0 aromatic heterocycles. The molecule has 13 nitrogen and oxygen atoms in total. The Morgan fingerprint density at radius 3 is 2.11 bits per heavy atom. The van der Waals surface area contributed by atoms with Crippen molar-refractivity contribution in [3.63, 3.8) is 0 Å². The molecule has 4 amide bonds. The van der Waals surface area contributed by atoms with Crippen LogP contribution in [0.2, 0.25) is 0 Å². The maximum absolute atomic E-state index is 14.7. The van der Waals surface area contributed by atoms with E-state index in [1.807, 2.05) is 5.32 Å². The van der Waals surface area contributed by atoms with Gasteiger partial charge in [-0.2, -0.15) is 22.0 Å². The number of likely N-dealkylation sites (tertiary alicyclic amines) is 1. The number of nitrogens with one attached hydrogen (secondary N) is 3.